The number of carbonyl (C=O) groups is 1. The fourth-order valence-electron chi connectivity index (χ4n) is 2.31. The van der Waals surface area contributed by atoms with Gasteiger partial charge in [-0.3, -0.25) is 9.36 Å². The van der Waals surface area contributed by atoms with Gasteiger partial charge in [-0.1, -0.05) is 47.6 Å². The van der Waals surface area contributed by atoms with Gasteiger partial charge in [-0.25, -0.2) is 0 Å². The number of hydrogen-bond donors (Lipinski definition) is 1. The SMILES string of the molecule is Cc1nnc(S[C@@H](C)C(=O)Nc2ccccc2)n1-c1cccc(Cl)c1. The Kier molecular flexibility index (Phi) is 5.40. The summed E-state index contributed by atoms with van der Waals surface area (Å²) < 4.78 is 1.89. The van der Waals surface area contributed by atoms with E-state index in [0.717, 1.165) is 17.2 Å². The highest BCUT2D eigenvalue weighted by Gasteiger charge is 2.20. The molecule has 0 saturated carbocycles. The quantitative estimate of drug-likeness (QED) is 0.676. The molecule has 0 bridgehead atoms. The number of para-hydroxylation sites is 1. The Morgan fingerprint density at radius 1 is 1.16 bits per heavy atom. The minimum Gasteiger partial charge on any atom is -0.325 e. The third-order valence-electron chi connectivity index (χ3n) is 3.55. The summed E-state index contributed by atoms with van der Waals surface area (Å²) in [6.45, 7) is 3.71. The lowest BCUT2D eigenvalue weighted by Gasteiger charge is -2.13. The number of anilines is 1. The molecule has 0 spiro atoms. The molecule has 2 aromatic carbocycles. The molecule has 128 valence electrons. The lowest BCUT2D eigenvalue weighted by Crippen LogP contribution is -2.22. The molecule has 7 heteroatoms. The zero-order valence-corrected chi connectivity index (χ0v) is 15.4. The van der Waals surface area contributed by atoms with E-state index in [1.165, 1.54) is 11.8 Å². The number of aromatic nitrogens is 3. The summed E-state index contributed by atoms with van der Waals surface area (Å²) in [5.41, 5.74) is 1.64. The first-order valence-electron chi connectivity index (χ1n) is 7.75. The molecule has 0 aliphatic rings. The molecule has 1 N–H and O–H groups in total. The molecule has 1 aromatic heterocycles. The number of nitrogens with one attached hydrogen (secondary N) is 1. The van der Waals surface area contributed by atoms with Crippen molar-refractivity contribution in [1.29, 1.82) is 0 Å². The van der Waals surface area contributed by atoms with Crippen molar-refractivity contribution >= 4 is 35.0 Å². The molecule has 5 nitrogen and oxygen atoms in total. The highest BCUT2D eigenvalue weighted by molar-refractivity contribution is 8.00. The Morgan fingerprint density at radius 3 is 2.64 bits per heavy atom. The van der Waals surface area contributed by atoms with Crippen LogP contribution in [0, 0.1) is 6.92 Å². The van der Waals surface area contributed by atoms with Gasteiger partial charge in [0.15, 0.2) is 5.16 Å². The topological polar surface area (TPSA) is 59.8 Å². The Bertz CT molecular complexity index is 882. The lowest BCUT2D eigenvalue weighted by atomic mass is 10.3. The molecule has 1 atom stereocenters. The number of carbonyl (C=O) groups excluding carboxylic acids is 1. The highest BCUT2D eigenvalue weighted by Crippen LogP contribution is 2.27. The van der Waals surface area contributed by atoms with Crippen LogP contribution in [0.5, 0.6) is 0 Å². The molecule has 3 aromatic rings. The van der Waals surface area contributed by atoms with Crippen LogP contribution in [0.1, 0.15) is 12.7 Å². The van der Waals surface area contributed by atoms with E-state index in [4.69, 9.17) is 11.6 Å². The average molecular weight is 373 g/mol. The van der Waals surface area contributed by atoms with Gasteiger partial charge in [0.2, 0.25) is 5.91 Å². The Hall–Kier alpha value is -2.31. The molecule has 1 heterocycles. The van der Waals surface area contributed by atoms with Crippen LogP contribution in [0.3, 0.4) is 0 Å². The number of amides is 1. The van der Waals surface area contributed by atoms with Crippen LogP contribution < -0.4 is 5.32 Å². The Morgan fingerprint density at radius 2 is 1.92 bits per heavy atom. The normalized spacial score (nSPS) is 12.0. The van der Waals surface area contributed by atoms with Crippen molar-refractivity contribution in [2.45, 2.75) is 24.3 Å². The highest BCUT2D eigenvalue weighted by atomic mass is 35.5. The predicted molar refractivity (Wildman–Crippen MR) is 101 cm³/mol. The van der Waals surface area contributed by atoms with Gasteiger partial charge < -0.3 is 5.32 Å². The molecule has 0 saturated heterocycles. The standard InChI is InChI=1S/C18H17ClN4OS/c1-12(17(24)20-15-8-4-3-5-9-15)25-18-22-21-13(2)23(18)16-10-6-7-14(19)11-16/h3-12H,1-2H3,(H,20,24)/t12-/m0/s1. The van der Waals surface area contributed by atoms with E-state index in [1.54, 1.807) is 0 Å². The van der Waals surface area contributed by atoms with E-state index >= 15 is 0 Å². The minimum absolute atomic E-state index is 0.0884. The van der Waals surface area contributed by atoms with Gasteiger partial charge in [0.05, 0.1) is 10.9 Å². The van der Waals surface area contributed by atoms with Crippen molar-refractivity contribution in [3.8, 4) is 5.69 Å². The fraction of sp³-hybridized carbons (Fsp3) is 0.167. The maximum absolute atomic E-state index is 12.4. The third kappa shape index (κ3) is 4.21. The number of halogens is 1. The van der Waals surface area contributed by atoms with Gasteiger partial charge in [0.25, 0.3) is 0 Å². The third-order valence-corrected chi connectivity index (χ3v) is 4.83. The first kappa shape index (κ1) is 17.5. The van der Waals surface area contributed by atoms with Gasteiger partial charge in [-0.15, -0.1) is 10.2 Å². The lowest BCUT2D eigenvalue weighted by molar-refractivity contribution is -0.115. The number of thioether (sulfide) groups is 1. The van der Waals surface area contributed by atoms with Crippen molar-refractivity contribution in [2.24, 2.45) is 0 Å². The van der Waals surface area contributed by atoms with Gasteiger partial charge >= 0.3 is 0 Å². The summed E-state index contributed by atoms with van der Waals surface area (Å²) in [7, 11) is 0. The van der Waals surface area contributed by atoms with Crippen molar-refractivity contribution in [3.63, 3.8) is 0 Å². The average Bonchev–Trinajstić information content (AvgIpc) is 2.96. The van der Waals surface area contributed by atoms with Gasteiger partial charge in [0.1, 0.15) is 5.82 Å². The van der Waals surface area contributed by atoms with Gasteiger partial charge in [-0.05, 0) is 44.2 Å². The summed E-state index contributed by atoms with van der Waals surface area (Å²) in [4.78, 5) is 12.4. The maximum atomic E-state index is 12.4. The number of benzene rings is 2. The van der Waals surface area contributed by atoms with Crippen LogP contribution >= 0.6 is 23.4 Å². The first-order chi connectivity index (χ1) is 12.0. The molecule has 1 amide bonds. The second-order valence-electron chi connectivity index (χ2n) is 5.46. The first-order valence-corrected chi connectivity index (χ1v) is 9.01. The van der Waals surface area contributed by atoms with Crippen LogP contribution in [0.15, 0.2) is 59.8 Å². The molecular weight excluding hydrogens is 356 g/mol. The Balaban J connectivity index is 1.78. The van der Waals surface area contributed by atoms with E-state index in [-0.39, 0.29) is 11.2 Å². The number of hydrogen-bond acceptors (Lipinski definition) is 4. The largest absolute Gasteiger partial charge is 0.325 e. The number of rotatable bonds is 5. The maximum Gasteiger partial charge on any atom is 0.237 e. The number of nitrogens with zero attached hydrogens (tertiary/aromatic N) is 3. The van der Waals surface area contributed by atoms with E-state index in [2.05, 4.69) is 15.5 Å². The van der Waals surface area contributed by atoms with E-state index in [1.807, 2.05) is 73.0 Å². The van der Waals surface area contributed by atoms with Crippen LogP contribution in [-0.4, -0.2) is 25.9 Å². The molecule has 3 rings (SSSR count). The summed E-state index contributed by atoms with van der Waals surface area (Å²) in [5.74, 6) is 0.648. The number of aryl methyl sites for hydroxylation is 1. The van der Waals surface area contributed by atoms with Crippen LogP contribution in [0.4, 0.5) is 5.69 Å². The van der Waals surface area contributed by atoms with Crippen LogP contribution in [-0.2, 0) is 4.79 Å². The summed E-state index contributed by atoms with van der Waals surface area (Å²) in [5, 5.41) is 12.2. The summed E-state index contributed by atoms with van der Waals surface area (Å²) in [6, 6.07) is 16.8. The molecule has 0 unspecified atom stereocenters. The molecule has 0 fully saturated rings. The summed E-state index contributed by atoms with van der Waals surface area (Å²) in [6.07, 6.45) is 0. The molecule has 0 aliphatic carbocycles. The zero-order valence-electron chi connectivity index (χ0n) is 13.8. The minimum atomic E-state index is -0.332. The molecule has 25 heavy (non-hydrogen) atoms. The fourth-order valence-corrected chi connectivity index (χ4v) is 3.41. The monoisotopic (exact) mass is 372 g/mol. The second kappa shape index (κ2) is 7.72. The van der Waals surface area contributed by atoms with E-state index in [0.29, 0.717) is 10.2 Å². The van der Waals surface area contributed by atoms with Crippen molar-refractivity contribution < 1.29 is 4.79 Å². The smallest absolute Gasteiger partial charge is 0.237 e. The van der Waals surface area contributed by atoms with Gasteiger partial charge in [0, 0.05) is 10.7 Å². The predicted octanol–water partition coefficient (Wildman–Crippen LogP) is 4.35. The van der Waals surface area contributed by atoms with Crippen molar-refractivity contribution in [2.75, 3.05) is 5.32 Å². The van der Waals surface area contributed by atoms with E-state index in [9.17, 15) is 4.79 Å². The molecule has 0 radical (unpaired) electrons. The Labute approximate surface area is 155 Å². The summed E-state index contributed by atoms with van der Waals surface area (Å²) >= 11 is 7.44. The van der Waals surface area contributed by atoms with Crippen molar-refractivity contribution in [1.82, 2.24) is 14.8 Å². The van der Waals surface area contributed by atoms with Crippen LogP contribution in [0.2, 0.25) is 5.02 Å². The van der Waals surface area contributed by atoms with Crippen LogP contribution in [0.25, 0.3) is 5.69 Å². The molecular formula is C18H17ClN4OS. The van der Waals surface area contributed by atoms with E-state index < -0.39 is 0 Å². The molecule has 0 aliphatic heterocycles. The van der Waals surface area contributed by atoms with Gasteiger partial charge in [-0.2, -0.15) is 0 Å². The second-order valence-corrected chi connectivity index (χ2v) is 7.20. The van der Waals surface area contributed by atoms with Crippen molar-refractivity contribution in [3.05, 3.63) is 65.4 Å². The zero-order chi connectivity index (χ0) is 17.8.